The standard InChI is InChI=1S/C17H21NO.C7H7NO4S/c1-18(2)13-14-19-17(15-9-5-3-6-10-15)16-11-7-4-8-12-16;8-13(11,12)6-3-1-5(2-4-6)7(9)10/h3-12,17H,13-14H2,1-2H3;1-4H,(H,9,10)(H2,8,11,12). The van der Waals surface area contributed by atoms with E-state index in [0.717, 1.165) is 25.3 Å². The maximum absolute atomic E-state index is 10.7. The molecular weight excluding hydrogens is 428 g/mol. The Balaban J connectivity index is 0.000000244. The predicted molar refractivity (Wildman–Crippen MR) is 124 cm³/mol. The van der Waals surface area contributed by atoms with E-state index in [0.29, 0.717) is 0 Å². The van der Waals surface area contributed by atoms with Gasteiger partial charge >= 0.3 is 5.97 Å². The molecule has 3 N–H and O–H groups in total. The summed E-state index contributed by atoms with van der Waals surface area (Å²) in [6, 6.07) is 25.4. The number of nitrogens with two attached hydrogens (primary N) is 1. The summed E-state index contributed by atoms with van der Waals surface area (Å²) in [5.74, 6) is -1.11. The lowest BCUT2D eigenvalue weighted by Crippen LogP contribution is -2.20. The minimum Gasteiger partial charge on any atom is -0.478 e. The van der Waals surface area contributed by atoms with Crippen LogP contribution in [0.1, 0.15) is 27.6 Å². The highest BCUT2D eigenvalue weighted by Gasteiger charge is 2.14. The van der Waals surface area contributed by atoms with Gasteiger partial charge in [-0.3, -0.25) is 0 Å². The molecular formula is C24H28N2O5S. The molecule has 0 aromatic heterocycles. The summed E-state index contributed by atoms with van der Waals surface area (Å²) in [6.07, 6.45) is 0.0161. The summed E-state index contributed by atoms with van der Waals surface area (Å²) < 4.78 is 27.6. The number of carboxylic acid groups (broad SMARTS) is 1. The van der Waals surface area contributed by atoms with Gasteiger partial charge in [0.05, 0.1) is 17.1 Å². The van der Waals surface area contributed by atoms with E-state index < -0.39 is 16.0 Å². The number of ether oxygens (including phenoxy) is 1. The Morgan fingerprint density at radius 3 is 1.75 bits per heavy atom. The fourth-order valence-electron chi connectivity index (χ4n) is 2.78. The molecule has 0 saturated carbocycles. The zero-order valence-electron chi connectivity index (χ0n) is 18.1. The summed E-state index contributed by atoms with van der Waals surface area (Å²) in [7, 11) is 0.380. The van der Waals surface area contributed by atoms with Crippen LogP contribution in [0, 0.1) is 0 Å². The first kappa shape index (κ1) is 25.2. The molecule has 0 aliphatic carbocycles. The average Bonchev–Trinajstić information content (AvgIpc) is 2.78. The van der Waals surface area contributed by atoms with Gasteiger partial charge in [0.2, 0.25) is 10.0 Å². The van der Waals surface area contributed by atoms with Crippen molar-refractivity contribution in [2.24, 2.45) is 5.14 Å². The molecule has 8 heteroatoms. The minimum atomic E-state index is -3.74. The third-order valence-corrected chi connectivity index (χ3v) is 5.39. The van der Waals surface area contributed by atoms with Crippen LogP contribution in [-0.2, 0) is 14.8 Å². The molecule has 7 nitrogen and oxygen atoms in total. The van der Waals surface area contributed by atoms with Crippen LogP contribution in [0.2, 0.25) is 0 Å². The fourth-order valence-corrected chi connectivity index (χ4v) is 3.30. The third-order valence-electron chi connectivity index (χ3n) is 4.46. The Labute approximate surface area is 189 Å². The molecule has 0 unspecified atom stereocenters. The van der Waals surface area contributed by atoms with Crippen molar-refractivity contribution in [1.29, 1.82) is 0 Å². The second-order valence-corrected chi connectivity index (χ2v) is 8.81. The molecule has 0 radical (unpaired) electrons. The Kier molecular flexibility index (Phi) is 9.55. The number of rotatable bonds is 8. The third kappa shape index (κ3) is 8.24. The van der Waals surface area contributed by atoms with E-state index in [2.05, 4.69) is 67.5 Å². The van der Waals surface area contributed by atoms with Gasteiger partial charge in [-0.05, 0) is 49.5 Å². The number of hydrogen-bond donors (Lipinski definition) is 2. The van der Waals surface area contributed by atoms with Crippen LogP contribution < -0.4 is 5.14 Å². The predicted octanol–water partition coefficient (Wildman–Crippen LogP) is 3.39. The second-order valence-electron chi connectivity index (χ2n) is 7.25. The zero-order valence-corrected chi connectivity index (χ0v) is 18.9. The Morgan fingerprint density at radius 1 is 0.906 bits per heavy atom. The van der Waals surface area contributed by atoms with Gasteiger partial charge in [0, 0.05) is 6.54 Å². The van der Waals surface area contributed by atoms with Crippen LogP contribution in [0.15, 0.2) is 89.8 Å². The summed E-state index contributed by atoms with van der Waals surface area (Å²) in [5.41, 5.74) is 2.42. The number of primary sulfonamides is 1. The van der Waals surface area contributed by atoms with Crippen molar-refractivity contribution in [2.45, 2.75) is 11.0 Å². The summed E-state index contributed by atoms with van der Waals surface area (Å²) in [5, 5.41) is 13.3. The van der Waals surface area contributed by atoms with Gasteiger partial charge in [-0.2, -0.15) is 0 Å². The van der Waals surface area contributed by atoms with Crippen molar-refractivity contribution in [1.82, 2.24) is 4.90 Å². The highest BCUT2D eigenvalue weighted by Crippen LogP contribution is 2.25. The number of carboxylic acids is 1. The van der Waals surface area contributed by atoms with Crippen molar-refractivity contribution < 1.29 is 23.1 Å². The minimum absolute atomic E-state index is 0.0161. The van der Waals surface area contributed by atoms with E-state index in [4.69, 9.17) is 15.0 Å². The van der Waals surface area contributed by atoms with E-state index in [9.17, 15) is 13.2 Å². The molecule has 0 aliphatic heterocycles. The molecule has 170 valence electrons. The molecule has 0 aliphatic rings. The molecule has 0 saturated heterocycles. The van der Waals surface area contributed by atoms with Crippen LogP contribution in [0.5, 0.6) is 0 Å². The monoisotopic (exact) mass is 456 g/mol. The van der Waals surface area contributed by atoms with Crippen molar-refractivity contribution >= 4 is 16.0 Å². The smallest absolute Gasteiger partial charge is 0.335 e. The van der Waals surface area contributed by atoms with Crippen molar-refractivity contribution in [3.63, 3.8) is 0 Å². The number of hydrogen-bond acceptors (Lipinski definition) is 5. The van der Waals surface area contributed by atoms with Crippen LogP contribution in [-0.4, -0.2) is 51.6 Å². The summed E-state index contributed by atoms with van der Waals surface area (Å²) in [6.45, 7) is 1.65. The Bertz CT molecular complexity index is 1030. The van der Waals surface area contributed by atoms with Gasteiger partial charge in [-0.25, -0.2) is 18.4 Å². The average molecular weight is 457 g/mol. The normalized spacial score (nSPS) is 11.2. The van der Waals surface area contributed by atoms with Crippen molar-refractivity contribution in [3.8, 4) is 0 Å². The summed E-state index contributed by atoms with van der Waals surface area (Å²) in [4.78, 5) is 12.4. The SMILES string of the molecule is CN(C)CCOC(c1ccccc1)c1ccccc1.NS(=O)(=O)c1ccc(C(=O)O)cc1. The highest BCUT2D eigenvalue weighted by atomic mass is 32.2. The van der Waals surface area contributed by atoms with Crippen LogP contribution in [0.4, 0.5) is 0 Å². The van der Waals surface area contributed by atoms with Gasteiger partial charge in [0.25, 0.3) is 0 Å². The van der Waals surface area contributed by atoms with Crippen LogP contribution in [0.25, 0.3) is 0 Å². The zero-order chi connectivity index (χ0) is 23.6. The van der Waals surface area contributed by atoms with Crippen LogP contribution in [0.3, 0.4) is 0 Å². The van der Waals surface area contributed by atoms with Gasteiger partial charge in [0.15, 0.2) is 0 Å². The van der Waals surface area contributed by atoms with E-state index in [-0.39, 0.29) is 16.6 Å². The maximum atomic E-state index is 10.7. The number of aromatic carboxylic acids is 1. The Morgan fingerprint density at radius 2 is 1.38 bits per heavy atom. The molecule has 3 aromatic rings. The largest absolute Gasteiger partial charge is 0.478 e. The molecule has 0 spiro atoms. The lowest BCUT2D eigenvalue weighted by atomic mass is 10.0. The quantitative estimate of drug-likeness (QED) is 0.538. The maximum Gasteiger partial charge on any atom is 0.335 e. The van der Waals surface area contributed by atoms with Crippen molar-refractivity contribution in [2.75, 3.05) is 27.2 Å². The molecule has 0 heterocycles. The van der Waals surface area contributed by atoms with Gasteiger partial charge in [0.1, 0.15) is 6.10 Å². The van der Waals surface area contributed by atoms with Crippen molar-refractivity contribution in [3.05, 3.63) is 102 Å². The second kappa shape index (κ2) is 12.1. The van der Waals surface area contributed by atoms with Crippen LogP contribution >= 0.6 is 0 Å². The number of carbonyl (C=O) groups is 1. The molecule has 0 bridgehead atoms. The molecule has 0 fully saturated rings. The summed E-state index contributed by atoms with van der Waals surface area (Å²) >= 11 is 0. The molecule has 0 atom stereocenters. The number of benzene rings is 3. The lowest BCUT2D eigenvalue weighted by molar-refractivity contribution is 0.0686. The highest BCUT2D eigenvalue weighted by molar-refractivity contribution is 7.89. The van der Waals surface area contributed by atoms with Gasteiger partial charge < -0.3 is 14.7 Å². The fraction of sp³-hybridized carbons (Fsp3) is 0.208. The van der Waals surface area contributed by atoms with E-state index in [1.807, 2.05) is 12.1 Å². The van der Waals surface area contributed by atoms with Gasteiger partial charge in [-0.1, -0.05) is 60.7 Å². The first-order valence-electron chi connectivity index (χ1n) is 9.91. The van der Waals surface area contributed by atoms with E-state index in [1.165, 1.54) is 23.3 Å². The first-order chi connectivity index (χ1) is 15.2. The molecule has 0 amide bonds. The van der Waals surface area contributed by atoms with E-state index >= 15 is 0 Å². The van der Waals surface area contributed by atoms with Gasteiger partial charge in [-0.15, -0.1) is 0 Å². The first-order valence-corrected chi connectivity index (χ1v) is 11.5. The molecule has 3 rings (SSSR count). The number of likely N-dealkylation sites (N-methyl/N-ethyl adjacent to an activating group) is 1. The Hall–Kier alpha value is -3.04. The molecule has 3 aromatic carbocycles. The van der Waals surface area contributed by atoms with E-state index in [1.54, 1.807) is 0 Å². The molecule has 32 heavy (non-hydrogen) atoms. The number of nitrogens with zero attached hydrogens (tertiary/aromatic N) is 1. The topological polar surface area (TPSA) is 110 Å². The lowest BCUT2D eigenvalue weighted by Gasteiger charge is -2.20. The number of sulfonamides is 1.